The van der Waals surface area contributed by atoms with Gasteiger partial charge in [-0.2, -0.15) is 0 Å². The summed E-state index contributed by atoms with van der Waals surface area (Å²) in [5, 5.41) is 3.15. The Morgan fingerprint density at radius 3 is 2.61 bits per heavy atom. The zero-order valence-electron chi connectivity index (χ0n) is 14.5. The molecule has 0 aliphatic heterocycles. The number of thiazole rings is 1. The van der Waals surface area contributed by atoms with Gasteiger partial charge in [-0.05, 0) is 61.0 Å². The lowest BCUT2D eigenvalue weighted by Gasteiger charge is -2.01. The topological polar surface area (TPSA) is 89.3 Å². The minimum atomic E-state index is -3.88. The molecule has 4 aromatic rings. The molecule has 0 bridgehead atoms. The third-order valence-corrected chi connectivity index (χ3v) is 6.79. The summed E-state index contributed by atoms with van der Waals surface area (Å²) in [4.78, 5) is 16.8. The molecule has 2 heterocycles. The molecule has 0 atom stereocenters. The van der Waals surface area contributed by atoms with Gasteiger partial charge in [0.15, 0.2) is 10.9 Å². The van der Waals surface area contributed by atoms with Gasteiger partial charge in [-0.1, -0.05) is 29.0 Å². The monoisotopic (exact) mass is 432 g/mol. The molecule has 0 saturated heterocycles. The number of anilines is 1. The summed E-state index contributed by atoms with van der Waals surface area (Å²) < 4.78 is 31.5. The van der Waals surface area contributed by atoms with Crippen LogP contribution in [0.3, 0.4) is 0 Å². The number of hydrogen-bond acceptors (Lipinski definition) is 6. The van der Waals surface area contributed by atoms with Crippen molar-refractivity contribution in [3.05, 3.63) is 70.9 Å². The number of halogens is 1. The van der Waals surface area contributed by atoms with Gasteiger partial charge < -0.3 is 4.42 Å². The highest BCUT2D eigenvalue weighted by Crippen LogP contribution is 2.28. The fourth-order valence-corrected chi connectivity index (χ4v) is 4.82. The van der Waals surface area contributed by atoms with Crippen molar-refractivity contribution in [3.8, 4) is 0 Å². The maximum atomic E-state index is 12.6. The number of nitrogens with zero attached hydrogens (tertiary/aromatic N) is 1. The first-order chi connectivity index (χ1) is 13.3. The molecule has 2 aromatic carbocycles. The molecule has 0 saturated carbocycles. The van der Waals surface area contributed by atoms with Crippen molar-refractivity contribution < 1.29 is 17.6 Å². The maximum absolute atomic E-state index is 12.6. The van der Waals surface area contributed by atoms with Crippen molar-refractivity contribution in [2.24, 2.45) is 0 Å². The lowest BCUT2D eigenvalue weighted by molar-refractivity contribution is 0.0991. The summed E-state index contributed by atoms with van der Waals surface area (Å²) in [6.45, 7) is 1.98. The first kappa shape index (κ1) is 18.7. The van der Waals surface area contributed by atoms with Gasteiger partial charge in [0.2, 0.25) is 14.9 Å². The van der Waals surface area contributed by atoms with Crippen molar-refractivity contribution in [2.75, 3.05) is 5.32 Å². The van der Waals surface area contributed by atoms with Crippen molar-refractivity contribution >= 4 is 54.0 Å². The van der Waals surface area contributed by atoms with Gasteiger partial charge in [-0.15, -0.1) is 0 Å². The van der Waals surface area contributed by atoms with Crippen LogP contribution in [-0.4, -0.2) is 19.3 Å². The van der Waals surface area contributed by atoms with Crippen molar-refractivity contribution in [2.45, 2.75) is 16.9 Å². The molecule has 4 rings (SSSR count). The standard InChI is InChI=1S/C19H13ClN2O4S2/c1-11-2-7-14-16(10-11)27-19(21-14)22-18(23)15-8-9-17(26-15)28(24,25)13-5-3-12(20)4-6-13/h2-10H,1H3,(H,21,22,23). The van der Waals surface area contributed by atoms with E-state index in [4.69, 9.17) is 16.0 Å². The Morgan fingerprint density at radius 1 is 1.11 bits per heavy atom. The van der Waals surface area contributed by atoms with Crippen LogP contribution in [0.4, 0.5) is 5.13 Å². The number of benzene rings is 2. The van der Waals surface area contributed by atoms with Crippen LogP contribution in [0.2, 0.25) is 5.02 Å². The van der Waals surface area contributed by atoms with E-state index in [1.165, 1.54) is 47.7 Å². The van der Waals surface area contributed by atoms with Crippen LogP contribution >= 0.6 is 22.9 Å². The second-order valence-electron chi connectivity index (χ2n) is 6.02. The minimum absolute atomic E-state index is 0.0275. The average Bonchev–Trinajstić information content (AvgIpc) is 3.28. The van der Waals surface area contributed by atoms with E-state index in [9.17, 15) is 13.2 Å². The molecule has 1 N–H and O–H groups in total. The summed E-state index contributed by atoms with van der Waals surface area (Å²) >= 11 is 7.12. The number of rotatable bonds is 4. The third-order valence-electron chi connectivity index (χ3n) is 3.96. The number of carbonyl (C=O) groups is 1. The molecule has 6 nitrogen and oxygen atoms in total. The van der Waals surface area contributed by atoms with Gasteiger partial charge in [0.1, 0.15) is 0 Å². The summed E-state index contributed by atoms with van der Waals surface area (Å²) in [5.41, 5.74) is 1.87. The SMILES string of the molecule is Cc1ccc2nc(NC(=O)c3ccc(S(=O)(=O)c4ccc(Cl)cc4)o3)sc2c1. The molecule has 0 fully saturated rings. The lowest BCUT2D eigenvalue weighted by Crippen LogP contribution is -2.10. The van der Waals surface area contributed by atoms with E-state index in [0.29, 0.717) is 10.2 Å². The highest BCUT2D eigenvalue weighted by Gasteiger charge is 2.24. The number of aromatic nitrogens is 1. The fourth-order valence-electron chi connectivity index (χ4n) is 2.56. The van der Waals surface area contributed by atoms with E-state index in [2.05, 4.69) is 10.3 Å². The third kappa shape index (κ3) is 3.54. The minimum Gasteiger partial charge on any atom is -0.439 e. The number of amides is 1. The second-order valence-corrected chi connectivity index (χ2v) is 9.37. The molecule has 0 aliphatic rings. The molecule has 0 radical (unpaired) electrons. The van der Waals surface area contributed by atoms with E-state index in [-0.39, 0.29) is 15.7 Å². The van der Waals surface area contributed by atoms with Crippen LogP contribution < -0.4 is 5.32 Å². The number of aryl methyl sites for hydroxylation is 1. The van der Waals surface area contributed by atoms with Crippen molar-refractivity contribution in [1.29, 1.82) is 0 Å². The summed E-state index contributed by atoms with van der Waals surface area (Å²) in [6.07, 6.45) is 0. The smallest absolute Gasteiger partial charge is 0.293 e. The second kappa shape index (κ2) is 7.05. The molecule has 2 aromatic heterocycles. The van der Waals surface area contributed by atoms with Crippen LogP contribution in [0.5, 0.6) is 0 Å². The van der Waals surface area contributed by atoms with Crippen LogP contribution in [0.15, 0.2) is 69.0 Å². The summed E-state index contributed by atoms with van der Waals surface area (Å²) in [6, 6.07) is 14.1. The highest BCUT2D eigenvalue weighted by molar-refractivity contribution is 7.91. The Morgan fingerprint density at radius 2 is 1.86 bits per heavy atom. The molecule has 0 spiro atoms. The fraction of sp³-hybridized carbons (Fsp3) is 0.0526. The molecule has 1 amide bonds. The molecule has 0 aliphatic carbocycles. The van der Waals surface area contributed by atoms with E-state index in [0.717, 1.165) is 15.8 Å². The van der Waals surface area contributed by atoms with Crippen LogP contribution in [0.25, 0.3) is 10.2 Å². The quantitative estimate of drug-likeness (QED) is 0.493. The van der Waals surface area contributed by atoms with Crippen LogP contribution in [-0.2, 0) is 9.84 Å². The molecule has 0 unspecified atom stereocenters. The first-order valence-corrected chi connectivity index (χ1v) is 10.8. The highest BCUT2D eigenvalue weighted by atomic mass is 35.5. The molecule has 9 heteroatoms. The van der Waals surface area contributed by atoms with Gasteiger partial charge in [0.25, 0.3) is 5.91 Å². The van der Waals surface area contributed by atoms with E-state index in [1.54, 1.807) is 0 Å². The van der Waals surface area contributed by atoms with Gasteiger partial charge >= 0.3 is 0 Å². The molecular formula is C19H13ClN2O4S2. The summed E-state index contributed by atoms with van der Waals surface area (Å²) in [5.74, 6) is -0.698. The van der Waals surface area contributed by atoms with E-state index < -0.39 is 15.7 Å². The van der Waals surface area contributed by atoms with Crippen LogP contribution in [0, 0.1) is 6.92 Å². The first-order valence-electron chi connectivity index (χ1n) is 8.12. The van der Waals surface area contributed by atoms with Gasteiger partial charge in [-0.3, -0.25) is 10.1 Å². The van der Waals surface area contributed by atoms with E-state index >= 15 is 0 Å². The average molecular weight is 433 g/mol. The van der Waals surface area contributed by atoms with E-state index in [1.807, 2.05) is 25.1 Å². The Balaban J connectivity index is 1.57. The molecule has 142 valence electrons. The zero-order chi connectivity index (χ0) is 19.9. The lowest BCUT2D eigenvalue weighted by atomic mass is 10.2. The maximum Gasteiger partial charge on any atom is 0.293 e. The normalized spacial score (nSPS) is 11.6. The van der Waals surface area contributed by atoms with Gasteiger partial charge in [0, 0.05) is 5.02 Å². The van der Waals surface area contributed by atoms with Crippen molar-refractivity contribution in [1.82, 2.24) is 4.98 Å². The molecule has 28 heavy (non-hydrogen) atoms. The summed E-state index contributed by atoms with van der Waals surface area (Å²) in [7, 11) is -3.88. The number of fused-ring (bicyclic) bond motifs is 1. The number of furan rings is 1. The van der Waals surface area contributed by atoms with Gasteiger partial charge in [0.05, 0.1) is 15.1 Å². The Hall–Kier alpha value is -2.68. The predicted octanol–water partition coefficient (Wildman–Crippen LogP) is 4.94. The van der Waals surface area contributed by atoms with Crippen LogP contribution in [0.1, 0.15) is 16.1 Å². The number of sulfone groups is 1. The molecular weight excluding hydrogens is 420 g/mol. The Bertz CT molecular complexity index is 1290. The Labute approximate surface area is 169 Å². The van der Waals surface area contributed by atoms with Crippen molar-refractivity contribution in [3.63, 3.8) is 0 Å². The van der Waals surface area contributed by atoms with Gasteiger partial charge in [-0.25, -0.2) is 13.4 Å². The number of carbonyl (C=O) groups excluding carboxylic acids is 1. The zero-order valence-corrected chi connectivity index (χ0v) is 16.9. The Kier molecular flexibility index (Phi) is 4.70. The number of hydrogen-bond donors (Lipinski definition) is 1. The number of nitrogens with one attached hydrogen (secondary N) is 1. The predicted molar refractivity (Wildman–Crippen MR) is 108 cm³/mol. The largest absolute Gasteiger partial charge is 0.439 e.